The molecule has 101 heavy (non-hydrogen) atoms. The van der Waals surface area contributed by atoms with Crippen LogP contribution in [0.15, 0.2) is 128 Å². The largest absolute Gasteiger partial charge is 0.384 e. The van der Waals surface area contributed by atoms with Crippen molar-refractivity contribution < 1.29 is 28.9 Å². The van der Waals surface area contributed by atoms with Crippen molar-refractivity contribution in [3.63, 3.8) is 0 Å². The van der Waals surface area contributed by atoms with Crippen LogP contribution in [0.1, 0.15) is 112 Å². The molecule has 9 heterocycles. The van der Waals surface area contributed by atoms with Crippen molar-refractivity contribution in [3.05, 3.63) is 238 Å². The third-order valence-corrected chi connectivity index (χ3v) is 16.5. The summed E-state index contributed by atoms with van der Waals surface area (Å²) in [6, 6.07) is 27.8. The number of benzene rings is 3. The van der Waals surface area contributed by atoms with Crippen LogP contribution in [-0.4, -0.2) is 93.7 Å². The van der Waals surface area contributed by atoms with Crippen LogP contribution in [0.4, 0.5) is 34.5 Å². The van der Waals surface area contributed by atoms with Gasteiger partial charge in [0.25, 0.3) is 17.7 Å². The van der Waals surface area contributed by atoms with Gasteiger partial charge in [-0.25, -0.2) is 15.0 Å². The van der Waals surface area contributed by atoms with Crippen LogP contribution in [0.25, 0.3) is 32.7 Å². The van der Waals surface area contributed by atoms with E-state index in [-0.39, 0.29) is 60.8 Å². The highest BCUT2D eigenvalue weighted by atomic mass is 35.5. The number of amides is 5. The summed E-state index contributed by atoms with van der Waals surface area (Å²) in [4.78, 5) is 98.6. The van der Waals surface area contributed by atoms with Crippen LogP contribution in [0, 0.1) is 51.7 Å². The molecule has 0 aliphatic heterocycles. The molecule has 3 aromatic carbocycles. The lowest BCUT2D eigenvalue weighted by Crippen LogP contribution is -2.26. The van der Waals surface area contributed by atoms with Crippen molar-refractivity contribution in [1.29, 1.82) is 0 Å². The zero-order chi connectivity index (χ0) is 72.5. The van der Waals surface area contributed by atoms with Crippen LogP contribution in [0.5, 0.6) is 0 Å². The van der Waals surface area contributed by atoms with Gasteiger partial charge in [0.1, 0.15) is 23.7 Å². The number of anilines is 5. The number of hydrogen-bond acceptors (Lipinski definition) is 19. The Morgan fingerprint density at radius 1 is 0.455 bits per heavy atom. The molecule has 0 radical (unpaired) electrons. The van der Waals surface area contributed by atoms with Crippen molar-refractivity contribution in [2.24, 2.45) is 0 Å². The van der Waals surface area contributed by atoms with Gasteiger partial charge in [0, 0.05) is 97.7 Å². The molecule has 0 saturated carbocycles. The Morgan fingerprint density at radius 3 is 1.07 bits per heavy atom. The van der Waals surface area contributed by atoms with E-state index < -0.39 is 22.6 Å². The molecule has 28 nitrogen and oxygen atoms in total. The van der Waals surface area contributed by atoms with Crippen LogP contribution in [0.2, 0.25) is 15.1 Å². The molecule has 9 aromatic heterocycles. The highest BCUT2D eigenvalue weighted by molar-refractivity contribution is 6.31. The predicted molar refractivity (Wildman–Crippen MR) is 387 cm³/mol. The second-order valence-electron chi connectivity index (χ2n) is 23.7. The lowest BCUT2D eigenvalue weighted by molar-refractivity contribution is -0.385. The fourth-order valence-electron chi connectivity index (χ4n) is 11.2. The standard InChI is InChI=1S/2C24H24ClN7O2.C22H20ClN7O3/c2*1-13-6-22(26)29-14(2)19(13)10-28-24(34)23-21(30-15(3)33)12-32(31-23)11-16-4-5-20-17(7-16)8-18(25)9-27-20;1-12-5-20(24)27-13(2)17(12)9-26-22(31)21-19(30(32)33)11-29(28-21)10-14-3-4-18-15(6-14)7-16(23)8-25-18/h2*4-9,12H,10-11H2,1-3H3,(H2,26,29)(H,28,34)(H,30,33);3-8,11H,9-10H2,1-2H3,(H2,24,27)(H,26,31). The fraction of sp³-hybridized carbons (Fsp3) is 0.200. The summed E-state index contributed by atoms with van der Waals surface area (Å²) in [5.41, 5.74) is 30.2. The number of nitrogens with two attached hydrogens (primary N) is 3. The SMILES string of the molecule is CC(=O)Nc1cn(Cc2ccc3ncc(Cl)cc3c2)nc1C(=O)NCc1c(C)cc(N)nc1C.CC(=O)Nc1cn(Cc2ccc3ncc(Cl)cc3c2)nc1C(=O)NCc1c(C)cc(N)nc1C.Cc1cc(N)nc(C)c1CNC(=O)c1nn(Cc2ccc3ncc(Cl)cc3c2)cc1[N+](=O)[O-]. The topological polar surface area (TPSA) is 397 Å². The minimum Gasteiger partial charge on any atom is -0.384 e. The van der Waals surface area contributed by atoms with Crippen LogP contribution >= 0.6 is 34.8 Å². The van der Waals surface area contributed by atoms with Gasteiger partial charge in [-0.3, -0.25) is 63.1 Å². The Labute approximate surface area is 592 Å². The van der Waals surface area contributed by atoms with Gasteiger partial charge < -0.3 is 43.8 Å². The molecular weight excluding hydrogens is 1350 g/mol. The lowest BCUT2D eigenvalue weighted by atomic mass is 10.1. The maximum atomic E-state index is 13.0. The average molecular weight is 1420 g/mol. The maximum absolute atomic E-state index is 13.0. The van der Waals surface area contributed by atoms with E-state index in [0.29, 0.717) is 62.7 Å². The molecule has 0 aliphatic carbocycles. The minimum atomic E-state index is -0.648. The number of nitro groups is 1. The van der Waals surface area contributed by atoms with E-state index in [2.05, 4.69) is 71.8 Å². The summed E-state index contributed by atoms with van der Waals surface area (Å²) < 4.78 is 4.59. The van der Waals surface area contributed by atoms with Crippen molar-refractivity contribution in [2.75, 3.05) is 27.8 Å². The fourth-order valence-corrected chi connectivity index (χ4v) is 11.7. The zero-order valence-corrected chi connectivity index (χ0v) is 58.2. The molecule has 0 bridgehead atoms. The number of aryl methyl sites for hydroxylation is 6. The Morgan fingerprint density at radius 2 is 0.762 bits per heavy atom. The van der Waals surface area contributed by atoms with E-state index in [4.69, 9.17) is 52.0 Å². The molecule has 31 heteroatoms. The molecule has 0 unspecified atom stereocenters. The molecule has 0 saturated heterocycles. The zero-order valence-electron chi connectivity index (χ0n) is 55.9. The first-order chi connectivity index (χ1) is 48.1. The number of nitrogens with one attached hydrogen (secondary N) is 5. The monoisotopic (exact) mass is 1420 g/mol. The summed E-state index contributed by atoms with van der Waals surface area (Å²) in [5, 5.41) is 42.7. The number of aromatic nitrogens is 12. The van der Waals surface area contributed by atoms with Crippen LogP contribution < -0.4 is 43.8 Å². The molecule has 0 aliphatic rings. The van der Waals surface area contributed by atoms with Gasteiger partial charge in [0.15, 0.2) is 11.4 Å². The molecule has 5 amide bonds. The van der Waals surface area contributed by atoms with E-state index in [0.717, 1.165) is 94.2 Å². The minimum absolute atomic E-state index is 0.124. The predicted octanol–water partition coefficient (Wildman–Crippen LogP) is 10.8. The van der Waals surface area contributed by atoms with E-state index in [1.54, 1.807) is 71.5 Å². The normalized spacial score (nSPS) is 11.0. The smallest absolute Gasteiger partial charge is 0.320 e. The Bertz CT molecular complexity index is 4960. The number of rotatable bonds is 18. The number of nitrogens with zero attached hydrogens (tertiary/aromatic N) is 13. The van der Waals surface area contributed by atoms with Crippen LogP contribution in [0.3, 0.4) is 0 Å². The number of nitrogen functional groups attached to an aromatic ring is 3. The number of fused-ring (bicyclic) bond motifs is 3. The molecular formula is C70H68Cl3N21O7. The van der Waals surface area contributed by atoms with E-state index in [1.165, 1.54) is 24.7 Å². The van der Waals surface area contributed by atoms with Crippen molar-refractivity contribution in [1.82, 2.24) is 75.2 Å². The van der Waals surface area contributed by atoms with Gasteiger partial charge in [0.05, 0.1) is 67.6 Å². The first-order valence-electron chi connectivity index (χ1n) is 31.2. The van der Waals surface area contributed by atoms with Crippen molar-refractivity contribution >= 4 is 132 Å². The molecule has 0 spiro atoms. The summed E-state index contributed by atoms with van der Waals surface area (Å²) in [6.45, 7) is 15.6. The number of carbonyl (C=O) groups excluding carboxylic acids is 5. The van der Waals surface area contributed by atoms with Crippen molar-refractivity contribution in [2.45, 2.75) is 94.7 Å². The maximum Gasteiger partial charge on any atom is 0.320 e. The molecule has 516 valence electrons. The second kappa shape index (κ2) is 31.2. The van der Waals surface area contributed by atoms with Crippen LogP contribution in [-0.2, 0) is 48.9 Å². The number of hydrogen-bond donors (Lipinski definition) is 8. The first-order valence-corrected chi connectivity index (χ1v) is 32.3. The van der Waals surface area contributed by atoms with Gasteiger partial charge in [-0.2, -0.15) is 15.3 Å². The van der Waals surface area contributed by atoms with E-state index in [1.807, 2.05) is 101 Å². The van der Waals surface area contributed by atoms with E-state index >= 15 is 0 Å². The highest BCUT2D eigenvalue weighted by Crippen LogP contribution is 2.27. The highest BCUT2D eigenvalue weighted by Gasteiger charge is 2.27. The van der Waals surface area contributed by atoms with E-state index in [9.17, 15) is 34.1 Å². The Balaban J connectivity index is 0.000000163. The molecule has 11 N–H and O–H groups in total. The quantitative estimate of drug-likeness (QED) is 0.0292. The second-order valence-corrected chi connectivity index (χ2v) is 25.0. The van der Waals surface area contributed by atoms with Gasteiger partial charge in [-0.15, -0.1) is 0 Å². The molecule has 0 fully saturated rings. The van der Waals surface area contributed by atoms with Gasteiger partial charge in [0.2, 0.25) is 17.5 Å². The summed E-state index contributed by atoms with van der Waals surface area (Å²) in [5.74, 6) is -0.803. The molecule has 12 rings (SSSR count). The Kier molecular flexibility index (Phi) is 22.2. The number of carbonyl (C=O) groups is 5. The molecule has 12 aromatic rings. The average Bonchev–Trinajstić information content (AvgIpc) is 1.73. The number of halogens is 3. The third kappa shape index (κ3) is 18.2. The molecule has 0 atom stereocenters. The lowest BCUT2D eigenvalue weighted by Gasteiger charge is -2.11. The van der Waals surface area contributed by atoms with Gasteiger partial charge in [-0.05, 0) is 164 Å². The summed E-state index contributed by atoms with van der Waals surface area (Å²) in [7, 11) is 0. The van der Waals surface area contributed by atoms with Crippen molar-refractivity contribution in [3.8, 4) is 0 Å². The first kappa shape index (κ1) is 71.8. The third-order valence-electron chi connectivity index (χ3n) is 15.9. The van der Waals surface area contributed by atoms with Gasteiger partial charge >= 0.3 is 5.69 Å². The number of pyridine rings is 6. The summed E-state index contributed by atoms with van der Waals surface area (Å²) in [6.07, 6.45) is 9.29. The van der Waals surface area contributed by atoms with Gasteiger partial charge in [-0.1, -0.05) is 53.0 Å². The summed E-state index contributed by atoms with van der Waals surface area (Å²) >= 11 is 18.1. The Hall–Kier alpha value is -12.0.